The molecule has 0 spiro atoms. The molecule has 0 atom stereocenters. The average Bonchev–Trinajstić information content (AvgIpc) is 2.66. The van der Waals surface area contributed by atoms with Crippen LogP contribution < -0.4 is 11.1 Å². The van der Waals surface area contributed by atoms with Crippen molar-refractivity contribution >= 4 is 28.2 Å². The van der Waals surface area contributed by atoms with Crippen LogP contribution in [-0.4, -0.2) is 26.4 Å². The van der Waals surface area contributed by atoms with Crippen LogP contribution >= 0.6 is 12.4 Å². The molecule has 0 aliphatic heterocycles. The molecule has 1 amide bonds. The van der Waals surface area contributed by atoms with E-state index in [1.165, 1.54) is 0 Å². The van der Waals surface area contributed by atoms with Crippen molar-refractivity contribution < 1.29 is 13.2 Å². The van der Waals surface area contributed by atoms with Gasteiger partial charge in [-0.2, -0.15) is 0 Å². The van der Waals surface area contributed by atoms with Gasteiger partial charge in [-0.05, 0) is 49.6 Å². The van der Waals surface area contributed by atoms with Crippen molar-refractivity contribution in [2.75, 3.05) is 6.54 Å². The Morgan fingerprint density at radius 3 is 2.04 bits per heavy atom. The highest BCUT2D eigenvalue weighted by atomic mass is 35.5. The smallest absolute Gasteiger partial charge is 0.251 e. The van der Waals surface area contributed by atoms with Gasteiger partial charge in [0.25, 0.3) is 5.91 Å². The number of sulfone groups is 1. The van der Waals surface area contributed by atoms with E-state index in [9.17, 15) is 13.2 Å². The Morgan fingerprint density at radius 1 is 1.00 bits per heavy atom. The molecular weight excluding hydrogens is 396 g/mol. The van der Waals surface area contributed by atoms with Crippen LogP contribution in [0, 0.1) is 6.92 Å². The second kappa shape index (κ2) is 10.0. The van der Waals surface area contributed by atoms with Gasteiger partial charge in [-0.15, -0.1) is 12.4 Å². The summed E-state index contributed by atoms with van der Waals surface area (Å²) in [7, 11) is -3.42. The van der Waals surface area contributed by atoms with Crippen molar-refractivity contribution in [2.24, 2.45) is 5.73 Å². The zero-order valence-corrected chi connectivity index (χ0v) is 18.2. The quantitative estimate of drug-likeness (QED) is 0.676. The van der Waals surface area contributed by atoms with Crippen molar-refractivity contribution in [3.05, 3.63) is 65.2 Å². The summed E-state index contributed by atoms with van der Waals surface area (Å²) in [5, 5.41) is 2.86. The number of benzene rings is 2. The van der Waals surface area contributed by atoms with Crippen molar-refractivity contribution in [1.29, 1.82) is 0 Å². The Kier molecular flexibility index (Phi) is 8.67. The maximum Gasteiger partial charge on any atom is 0.251 e. The molecule has 0 saturated carbocycles. The molecule has 0 radical (unpaired) electrons. The predicted octanol–water partition coefficient (Wildman–Crippen LogP) is 3.64. The lowest BCUT2D eigenvalue weighted by Gasteiger charge is -2.26. The summed E-state index contributed by atoms with van der Waals surface area (Å²) < 4.78 is 25.0. The highest BCUT2D eigenvalue weighted by Gasteiger charge is 2.21. The fraction of sp³-hybridized carbons (Fsp3) is 0.381. The number of amides is 1. The van der Waals surface area contributed by atoms with Crippen LogP contribution in [0.4, 0.5) is 0 Å². The molecule has 154 valence electrons. The van der Waals surface area contributed by atoms with Gasteiger partial charge in [0, 0.05) is 17.6 Å². The van der Waals surface area contributed by atoms with Crippen LogP contribution in [0.1, 0.15) is 48.2 Å². The maximum absolute atomic E-state index is 12.5. The van der Waals surface area contributed by atoms with Gasteiger partial charge in [0.15, 0.2) is 9.84 Å². The molecule has 0 unspecified atom stereocenters. The molecule has 0 fully saturated rings. The first-order valence-electron chi connectivity index (χ1n) is 9.14. The van der Waals surface area contributed by atoms with E-state index < -0.39 is 15.4 Å². The zero-order chi connectivity index (χ0) is 20.1. The fourth-order valence-corrected chi connectivity index (χ4v) is 4.01. The Balaban J connectivity index is 0.00000392. The van der Waals surface area contributed by atoms with Crippen LogP contribution in [0.3, 0.4) is 0 Å². The van der Waals surface area contributed by atoms with E-state index in [0.717, 1.165) is 18.4 Å². The van der Waals surface area contributed by atoms with Crippen LogP contribution in [0.25, 0.3) is 0 Å². The molecule has 0 aliphatic rings. The standard InChI is InChI=1S/C21H28N2O3S.ClH/c1-4-21(22,5-2)15-23-20(24)18-10-8-17(9-11-18)14-27(25,26)19-12-6-16(3)7-13-19;/h6-13H,4-5,14-15,22H2,1-3H3,(H,23,24);1H. The summed E-state index contributed by atoms with van der Waals surface area (Å²) in [6.07, 6.45) is 1.55. The molecule has 0 aromatic heterocycles. The molecule has 5 nitrogen and oxygen atoms in total. The molecule has 2 aromatic carbocycles. The minimum Gasteiger partial charge on any atom is -0.350 e. The van der Waals surface area contributed by atoms with Gasteiger partial charge >= 0.3 is 0 Å². The predicted molar refractivity (Wildman–Crippen MR) is 116 cm³/mol. The minimum atomic E-state index is -3.42. The Bertz CT molecular complexity index is 875. The molecule has 0 saturated heterocycles. The van der Waals surface area contributed by atoms with E-state index >= 15 is 0 Å². The number of carbonyl (C=O) groups excluding carboxylic acids is 1. The van der Waals surface area contributed by atoms with Gasteiger partial charge in [0.05, 0.1) is 10.6 Å². The lowest BCUT2D eigenvalue weighted by molar-refractivity contribution is 0.0942. The van der Waals surface area contributed by atoms with Crippen LogP contribution in [0.15, 0.2) is 53.4 Å². The molecule has 0 aliphatic carbocycles. The van der Waals surface area contributed by atoms with E-state index in [-0.39, 0.29) is 24.1 Å². The van der Waals surface area contributed by atoms with E-state index in [2.05, 4.69) is 5.32 Å². The van der Waals surface area contributed by atoms with Crippen LogP contribution in [0.2, 0.25) is 0 Å². The number of rotatable bonds is 8. The van der Waals surface area contributed by atoms with Crippen molar-refractivity contribution in [3.63, 3.8) is 0 Å². The number of carbonyl (C=O) groups is 1. The summed E-state index contributed by atoms with van der Waals surface area (Å²) in [5.74, 6) is -0.310. The van der Waals surface area contributed by atoms with E-state index in [4.69, 9.17) is 5.73 Å². The number of nitrogens with one attached hydrogen (secondary N) is 1. The lowest BCUT2D eigenvalue weighted by Crippen LogP contribution is -2.49. The Hall–Kier alpha value is -1.89. The first-order chi connectivity index (χ1) is 12.7. The third-order valence-electron chi connectivity index (χ3n) is 4.96. The molecule has 2 rings (SSSR count). The maximum atomic E-state index is 12.5. The molecule has 7 heteroatoms. The molecular formula is C21H29ClN2O3S. The Labute approximate surface area is 174 Å². The second-order valence-electron chi connectivity index (χ2n) is 7.02. The van der Waals surface area contributed by atoms with Gasteiger partial charge < -0.3 is 11.1 Å². The van der Waals surface area contributed by atoms with E-state index in [1.54, 1.807) is 48.5 Å². The molecule has 0 heterocycles. The molecule has 2 aromatic rings. The summed E-state index contributed by atoms with van der Waals surface area (Å²) in [6, 6.07) is 13.4. The fourth-order valence-electron chi connectivity index (χ4n) is 2.66. The molecule has 28 heavy (non-hydrogen) atoms. The highest BCUT2D eigenvalue weighted by molar-refractivity contribution is 7.90. The summed E-state index contributed by atoms with van der Waals surface area (Å²) in [4.78, 5) is 12.6. The van der Waals surface area contributed by atoms with Crippen molar-refractivity contribution in [2.45, 2.75) is 49.8 Å². The zero-order valence-electron chi connectivity index (χ0n) is 16.6. The van der Waals surface area contributed by atoms with Crippen LogP contribution in [-0.2, 0) is 15.6 Å². The van der Waals surface area contributed by atoms with E-state index in [1.807, 2.05) is 20.8 Å². The number of hydrogen-bond acceptors (Lipinski definition) is 4. The van der Waals surface area contributed by atoms with Crippen LogP contribution in [0.5, 0.6) is 0 Å². The summed E-state index contributed by atoms with van der Waals surface area (Å²) >= 11 is 0. The van der Waals surface area contributed by atoms with Gasteiger partial charge in [-0.1, -0.05) is 43.7 Å². The monoisotopic (exact) mass is 424 g/mol. The first kappa shape index (κ1) is 24.1. The topological polar surface area (TPSA) is 89.3 Å². The largest absolute Gasteiger partial charge is 0.350 e. The highest BCUT2D eigenvalue weighted by Crippen LogP contribution is 2.18. The average molecular weight is 425 g/mol. The number of aryl methyl sites for hydroxylation is 1. The lowest BCUT2D eigenvalue weighted by atomic mass is 9.94. The van der Waals surface area contributed by atoms with Gasteiger partial charge in [-0.25, -0.2) is 8.42 Å². The van der Waals surface area contributed by atoms with Gasteiger partial charge in [0.1, 0.15) is 0 Å². The third-order valence-corrected chi connectivity index (χ3v) is 6.67. The Morgan fingerprint density at radius 2 is 1.54 bits per heavy atom. The number of nitrogens with two attached hydrogens (primary N) is 1. The summed E-state index contributed by atoms with van der Waals surface area (Å²) in [5.41, 5.74) is 7.93. The molecule has 3 N–H and O–H groups in total. The number of hydrogen-bond donors (Lipinski definition) is 2. The van der Waals surface area contributed by atoms with E-state index in [0.29, 0.717) is 22.6 Å². The summed E-state index contributed by atoms with van der Waals surface area (Å²) in [6.45, 7) is 6.32. The van der Waals surface area contributed by atoms with Gasteiger partial charge in [-0.3, -0.25) is 4.79 Å². The van der Waals surface area contributed by atoms with Crippen molar-refractivity contribution in [3.8, 4) is 0 Å². The first-order valence-corrected chi connectivity index (χ1v) is 10.8. The third kappa shape index (κ3) is 6.33. The molecule has 0 bridgehead atoms. The SMILES string of the molecule is CCC(N)(CC)CNC(=O)c1ccc(CS(=O)(=O)c2ccc(C)cc2)cc1.Cl. The normalized spacial score (nSPS) is 11.6. The van der Waals surface area contributed by atoms with Crippen molar-refractivity contribution in [1.82, 2.24) is 5.32 Å². The second-order valence-corrected chi connectivity index (χ2v) is 9.01. The minimum absolute atomic E-state index is 0. The number of halogens is 1. The van der Waals surface area contributed by atoms with Gasteiger partial charge in [0.2, 0.25) is 0 Å².